The van der Waals surface area contributed by atoms with Gasteiger partial charge in [0.2, 0.25) is 0 Å². The maximum absolute atomic E-state index is 14.0. The number of halogens is 3. The van der Waals surface area contributed by atoms with E-state index < -0.39 is 11.6 Å². The van der Waals surface area contributed by atoms with Gasteiger partial charge in [-0.15, -0.1) is 0 Å². The van der Waals surface area contributed by atoms with Crippen molar-refractivity contribution in [2.24, 2.45) is 0 Å². The number of pyridine rings is 1. The highest BCUT2D eigenvalue weighted by Gasteiger charge is 2.19. The van der Waals surface area contributed by atoms with Gasteiger partial charge in [-0.1, -0.05) is 17.7 Å². The van der Waals surface area contributed by atoms with Crippen molar-refractivity contribution in [1.82, 2.24) is 19.2 Å². The Labute approximate surface area is 210 Å². The monoisotopic (exact) mass is 506 g/mol. The predicted molar refractivity (Wildman–Crippen MR) is 134 cm³/mol. The predicted octanol–water partition coefficient (Wildman–Crippen LogP) is 5.98. The third-order valence-corrected chi connectivity index (χ3v) is 6.18. The molecule has 3 heterocycles. The molecule has 36 heavy (non-hydrogen) atoms. The number of benzene rings is 2. The first-order chi connectivity index (χ1) is 17.2. The van der Waals surface area contributed by atoms with Crippen molar-refractivity contribution < 1.29 is 13.5 Å². The average molecular weight is 507 g/mol. The highest BCUT2D eigenvalue weighted by Crippen LogP contribution is 2.26. The van der Waals surface area contributed by atoms with Crippen LogP contribution in [0.3, 0.4) is 0 Å². The van der Waals surface area contributed by atoms with Gasteiger partial charge >= 0.3 is 0 Å². The molecule has 5 aromatic rings. The van der Waals surface area contributed by atoms with E-state index in [1.54, 1.807) is 29.9 Å². The molecule has 0 amide bonds. The van der Waals surface area contributed by atoms with Crippen LogP contribution in [0.2, 0.25) is 5.02 Å². The highest BCUT2D eigenvalue weighted by atomic mass is 35.5. The summed E-state index contributed by atoms with van der Waals surface area (Å²) in [6, 6.07) is 13.9. The van der Waals surface area contributed by atoms with E-state index >= 15 is 0 Å². The third-order valence-electron chi connectivity index (χ3n) is 5.94. The maximum Gasteiger partial charge on any atom is 0.267 e. The maximum atomic E-state index is 14.0. The van der Waals surface area contributed by atoms with Crippen molar-refractivity contribution in [2.75, 3.05) is 0 Å². The molecule has 2 aromatic carbocycles. The number of aryl methyl sites for hydroxylation is 3. The van der Waals surface area contributed by atoms with Crippen molar-refractivity contribution in [3.8, 4) is 22.7 Å². The minimum absolute atomic E-state index is 0.148. The summed E-state index contributed by atoms with van der Waals surface area (Å²) in [5.74, 6) is -1.08. The van der Waals surface area contributed by atoms with Gasteiger partial charge < -0.3 is 4.74 Å². The molecular weight excluding hydrogens is 486 g/mol. The molecule has 9 heteroatoms. The smallest absolute Gasteiger partial charge is 0.267 e. The quantitative estimate of drug-likeness (QED) is 0.294. The van der Waals surface area contributed by atoms with Crippen molar-refractivity contribution in [2.45, 2.75) is 27.4 Å². The number of nitrogens with zero attached hydrogens (tertiary/aromatic N) is 4. The summed E-state index contributed by atoms with van der Waals surface area (Å²) < 4.78 is 36.1. The fourth-order valence-corrected chi connectivity index (χ4v) is 4.26. The van der Waals surface area contributed by atoms with Gasteiger partial charge in [0.05, 0.1) is 16.9 Å². The zero-order valence-electron chi connectivity index (χ0n) is 19.7. The van der Waals surface area contributed by atoms with E-state index in [4.69, 9.17) is 21.4 Å². The first-order valence-electron chi connectivity index (χ1n) is 11.1. The second kappa shape index (κ2) is 9.20. The SMILES string of the molecule is Cc1ccc(Cl)cc1-n1nc(-c2c(C)nc3c(OCc4ccc(F)cc4F)cccn3c2=O)cc1C. The summed E-state index contributed by atoms with van der Waals surface area (Å²) >= 11 is 6.20. The van der Waals surface area contributed by atoms with E-state index in [2.05, 4.69) is 4.98 Å². The van der Waals surface area contributed by atoms with E-state index in [9.17, 15) is 13.6 Å². The fraction of sp³-hybridized carbons (Fsp3) is 0.148. The van der Waals surface area contributed by atoms with Crippen LogP contribution in [0.4, 0.5) is 8.78 Å². The second-order valence-corrected chi connectivity index (χ2v) is 8.92. The van der Waals surface area contributed by atoms with Crippen LogP contribution in [0.5, 0.6) is 5.75 Å². The number of hydrogen-bond acceptors (Lipinski definition) is 4. The molecule has 0 atom stereocenters. The van der Waals surface area contributed by atoms with Gasteiger partial charge in [-0.3, -0.25) is 9.20 Å². The topological polar surface area (TPSA) is 61.4 Å². The summed E-state index contributed by atoms with van der Waals surface area (Å²) in [7, 11) is 0. The molecule has 0 aliphatic heterocycles. The van der Waals surface area contributed by atoms with Gasteiger partial charge in [-0.25, -0.2) is 18.4 Å². The highest BCUT2D eigenvalue weighted by molar-refractivity contribution is 6.30. The van der Waals surface area contributed by atoms with Gasteiger partial charge in [0.15, 0.2) is 11.4 Å². The first-order valence-corrected chi connectivity index (χ1v) is 11.5. The summed E-state index contributed by atoms with van der Waals surface area (Å²) in [4.78, 5) is 18.2. The van der Waals surface area contributed by atoms with E-state index in [0.717, 1.165) is 29.1 Å². The van der Waals surface area contributed by atoms with Crippen LogP contribution in [0.15, 0.2) is 65.6 Å². The number of aromatic nitrogens is 4. The number of fused-ring (bicyclic) bond motifs is 1. The van der Waals surface area contributed by atoms with Crippen LogP contribution in [-0.4, -0.2) is 19.2 Å². The van der Waals surface area contributed by atoms with Crippen molar-refractivity contribution in [3.63, 3.8) is 0 Å². The lowest BCUT2D eigenvalue weighted by molar-refractivity contribution is 0.301. The summed E-state index contributed by atoms with van der Waals surface area (Å²) in [6.45, 7) is 5.44. The van der Waals surface area contributed by atoms with Gasteiger partial charge in [0.1, 0.15) is 23.9 Å². The Morgan fingerprint density at radius 2 is 1.83 bits per heavy atom. The Morgan fingerprint density at radius 3 is 2.61 bits per heavy atom. The minimum Gasteiger partial charge on any atom is -0.485 e. The zero-order chi connectivity index (χ0) is 25.6. The molecule has 0 fully saturated rings. The zero-order valence-corrected chi connectivity index (χ0v) is 20.5. The molecule has 0 aliphatic rings. The van der Waals surface area contributed by atoms with Crippen molar-refractivity contribution in [1.29, 1.82) is 0 Å². The summed E-state index contributed by atoms with van der Waals surface area (Å²) in [6.07, 6.45) is 1.59. The van der Waals surface area contributed by atoms with Crippen LogP contribution in [-0.2, 0) is 6.61 Å². The largest absolute Gasteiger partial charge is 0.485 e. The molecule has 0 bridgehead atoms. The Hall–Kier alpha value is -4.04. The molecule has 3 aromatic heterocycles. The van der Waals surface area contributed by atoms with E-state index in [-0.39, 0.29) is 23.4 Å². The normalized spacial score (nSPS) is 11.3. The Morgan fingerprint density at radius 1 is 1.03 bits per heavy atom. The lowest BCUT2D eigenvalue weighted by Crippen LogP contribution is -2.19. The first kappa shape index (κ1) is 23.7. The molecule has 6 nitrogen and oxygen atoms in total. The fourth-order valence-electron chi connectivity index (χ4n) is 4.10. The van der Waals surface area contributed by atoms with Gasteiger partial charge in [-0.05, 0) is 68.8 Å². The molecule has 0 spiro atoms. The molecule has 182 valence electrons. The Bertz CT molecular complexity index is 1690. The van der Waals surface area contributed by atoms with Crippen molar-refractivity contribution in [3.05, 3.63) is 110 Å². The second-order valence-electron chi connectivity index (χ2n) is 8.48. The van der Waals surface area contributed by atoms with Gasteiger partial charge in [0, 0.05) is 28.5 Å². The average Bonchev–Trinajstić information content (AvgIpc) is 3.21. The van der Waals surface area contributed by atoms with Gasteiger partial charge in [0.25, 0.3) is 5.56 Å². The lowest BCUT2D eigenvalue weighted by Gasteiger charge is -2.12. The standard InChI is InChI=1S/C27H21ClF2N4O2/c1-15-6-8-19(28)12-23(15)34-16(2)11-22(32-34)25-17(3)31-26-24(5-4-10-33(26)27(25)35)36-14-18-7-9-20(29)13-21(18)30/h4-13H,14H2,1-3H3. The molecular formula is C27H21ClF2N4O2. The van der Waals surface area contributed by atoms with E-state index in [1.807, 2.05) is 38.1 Å². The van der Waals surface area contributed by atoms with E-state index in [1.165, 1.54) is 10.5 Å². The third kappa shape index (κ3) is 4.24. The van der Waals surface area contributed by atoms with Crippen LogP contribution in [0, 0.1) is 32.4 Å². The van der Waals surface area contributed by atoms with Crippen LogP contribution in [0.1, 0.15) is 22.5 Å². The van der Waals surface area contributed by atoms with Crippen LogP contribution in [0.25, 0.3) is 22.6 Å². The molecule has 0 saturated heterocycles. The Balaban J connectivity index is 1.56. The number of hydrogen-bond donors (Lipinski definition) is 0. The van der Waals surface area contributed by atoms with Crippen molar-refractivity contribution >= 4 is 17.2 Å². The molecule has 0 unspecified atom stereocenters. The number of rotatable bonds is 5. The summed E-state index contributed by atoms with van der Waals surface area (Å²) in [5, 5.41) is 5.28. The van der Waals surface area contributed by atoms with E-state index in [0.29, 0.717) is 27.7 Å². The van der Waals surface area contributed by atoms with Gasteiger partial charge in [-0.2, -0.15) is 5.10 Å². The Kier molecular flexibility index (Phi) is 6.05. The van der Waals surface area contributed by atoms with Crippen LogP contribution < -0.4 is 10.3 Å². The molecule has 5 rings (SSSR count). The van der Waals surface area contributed by atoms with Crippen LogP contribution >= 0.6 is 11.6 Å². The molecule has 0 radical (unpaired) electrons. The lowest BCUT2D eigenvalue weighted by atomic mass is 10.1. The minimum atomic E-state index is -0.709. The number of ether oxygens (including phenoxy) is 1. The molecule has 0 saturated carbocycles. The summed E-state index contributed by atoms with van der Waals surface area (Å²) in [5.41, 5.74) is 4.10. The molecule has 0 aliphatic carbocycles. The molecule has 0 N–H and O–H groups in total.